The van der Waals surface area contributed by atoms with Crippen molar-refractivity contribution in [2.75, 3.05) is 13.2 Å². The van der Waals surface area contributed by atoms with Crippen LogP contribution >= 0.6 is 11.8 Å². The zero-order chi connectivity index (χ0) is 14.7. The van der Waals surface area contributed by atoms with Gasteiger partial charge < -0.3 is 15.0 Å². The fraction of sp³-hybridized carbons (Fsp3) is 0.429. The van der Waals surface area contributed by atoms with E-state index in [1.54, 1.807) is 18.2 Å². The Morgan fingerprint density at radius 2 is 2.05 bits per heavy atom. The van der Waals surface area contributed by atoms with Gasteiger partial charge in [0.1, 0.15) is 11.4 Å². The lowest BCUT2D eigenvalue weighted by Crippen LogP contribution is -2.42. The van der Waals surface area contributed by atoms with Crippen molar-refractivity contribution in [3.8, 4) is 0 Å². The van der Waals surface area contributed by atoms with Crippen LogP contribution in [0.5, 0.6) is 0 Å². The summed E-state index contributed by atoms with van der Waals surface area (Å²) in [7, 11) is 0. The fourth-order valence-electron chi connectivity index (χ4n) is 2.17. The lowest BCUT2D eigenvalue weighted by molar-refractivity contribution is 0.0400. The molecule has 0 atom stereocenters. The first-order valence-electron chi connectivity index (χ1n) is 6.74. The number of hydrogen-bond donors (Lipinski definition) is 1. The molecule has 1 fully saturated rings. The number of nitrogens with two attached hydrogens (primary N) is 1. The van der Waals surface area contributed by atoms with Gasteiger partial charge in [-0.05, 0) is 25.0 Å². The van der Waals surface area contributed by atoms with E-state index < -0.39 is 5.54 Å². The molecule has 3 rings (SSSR count). The predicted molar refractivity (Wildman–Crippen MR) is 76.2 cm³/mol. The summed E-state index contributed by atoms with van der Waals surface area (Å²) in [4.78, 5) is 4.92. The summed E-state index contributed by atoms with van der Waals surface area (Å²) < 4.78 is 24.1. The Labute approximate surface area is 126 Å². The highest BCUT2D eigenvalue weighted by Crippen LogP contribution is 2.29. The molecule has 1 aliphatic heterocycles. The third-order valence-corrected chi connectivity index (χ3v) is 4.52. The van der Waals surface area contributed by atoms with Crippen molar-refractivity contribution < 1.29 is 13.7 Å². The van der Waals surface area contributed by atoms with Gasteiger partial charge in [0.2, 0.25) is 5.89 Å². The third kappa shape index (κ3) is 3.25. The smallest absolute Gasteiger partial charge is 0.246 e. The van der Waals surface area contributed by atoms with Crippen molar-refractivity contribution >= 4 is 11.8 Å². The van der Waals surface area contributed by atoms with Gasteiger partial charge in [-0.2, -0.15) is 4.98 Å². The zero-order valence-corrected chi connectivity index (χ0v) is 12.2. The van der Waals surface area contributed by atoms with Crippen LogP contribution in [-0.4, -0.2) is 23.4 Å². The number of ether oxygens (including phenoxy) is 1. The van der Waals surface area contributed by atoms with Crippen molar-refractivity contribution in [1.82, 2.24) is 10.1 Å². The molecule has 0 saturated carbocycles. The van der Waals surface area contributed by atoms with E-state index in [1.807, 2.05) is 0 Å². The monoisotopic (exact) mass is 309 g/mol. The summed E-state index contributed by atoms with van der Waals surface area (Å²) in [5, 5.41) is 3.93. The van der Waals surface area contributed by atoms with Crippen molar-refractivity contribution in [3.05, 3.63) is 41.8 Å². The van der Waals surface area contributed by atoms with Crippen LogP contribution in [0.25, 0.3) is 0 Å². The van der Waals surface area contributed by atoms with Crippen LogP contribution in [0.2, 0.25) is 0 Å². The highest BCUT2D eigenvalue weighted by atomic mass is 32.2. The normalized spacial score (nSPS) is 17.8. The molecule has 2 N–H and O–H groups in total. The van der Waals surface area contributed by atoms with E-state index >= 15 is 0 Å². The van der Waals surface area contributed by atoms with Crippen molar-refractivity contribution in [1.29, 1.82) is 0 Å². The molecule has 1 aromatic carbocycles. The van der Waals surface area contributed by atoms with Gasteiger partial charge in [0.25, 0.3) is 0 Å². The summed E-state index contributed by atoms with van der Waals surface area (Å²) >= 11 is 1.33. The molecule has 1 aliphatic rings. The molecule has 2 aromatic rings. The van der Waals surface area contributed by atoms with Gasteiger partial charge in [-0.1, -0.05) is 17.3 Å². The molecule has 0 unspecified atom stereocenters. The Morgan fingerprint density at radius 1 is 1.29 bits per heavy atom. The van der Waals surface area contributed by atoms with Gasteiger partial charge in [0.05, 0.1) is 5.75 Å². The maximum absolute atomic E-state index is 13.5. The van der Waals surface area contributed by atoms with E-state index in [9.17, 15) is 4.39 Å². The Balaban J connectivity index is 1.67. The molecule has 112 valence electrons. The molecular weight excluding hydrogens is 293 g/mol. The number of aromatic nitrogens is 2. The first kappa shape index (κ1) is 14.5. The average molecular weight is 309 g/mol. The van der Waals surface area contributed by atoms with Crippen LogP contribution in [0, 0.1) is 5.82 Å². The van der Waals surface area contributed by atoms with Gasteiger partial charge in [-0.3, -0.25) is 0 Å². The molecule has 1 aromatic heterocycles. The van der Waals surface area contributed by atoms with Crippen LogP contribution in [0.1, 0.15) is 24.6 Å². The highest BCUT2D eigenvalue weighted by molar-refractivity contribution is 7.98. The minimum Gasteiger partial charge on any atom is -0.381 e. The van der Waals surface area contributed by atoms with Gasteiger partial charge in [-0.15, -0.1) is 11.8 Å². The molecule has 0 amide bonds. The molecule has 1 saturated heterocycles. The zero-order valence-electron chi connectivity index (χ0n) is 11.4. The summed E-state index contributed by atoms with van der Waals surface area (Å²) in [6.07, 6.45) is 1.32. The summed E-state index contributed by atoms with van der Waals surface area (Å²) in [5.41, 5.74) is 5.68. The van der Waals surface area contributed by atoms with E-state index in [1.165, 1.54) is 17.8 Å². The van der Waals surface area contributed by atoms with Gasteiger partial charge in [0.15, 0.2) is 5.82 Å². The SMILES string of the molecule is NC1(c2nc(CSc3ccccc3F)no2)CCOCC1. The second-order valence-electron chi connectivity index (χ2n) is 5.00. The number of rotatable bonds is 4. The van der Waals surface area contributed by atoms with Crippen LogP contribution in [0.15, 0.2) is 33.7 Å². The first-order chi connectivity index (χ1) is 10.2. The van der Waals surface area contributed by atoms with Crippen LogP contribution in [-0.2, 0) is 16.0 Å². The van der Waals surface area contributed by atoms with E-state index in [0.29, 0.717) is 48.4 Å². The molecule has 0 bridgehead atoms. The van der Waals surface area contributed by atoms with Crippen LogP contribution in [0.4, 0.5) is 4.39 Å². The molecule has 21 heavy (non-hydrogen) atoms. The molecule has 0 radical (unpaired) electrons. The number of nitrogens with zero attached hydrogens (tertiary/aromatic N) is 2. The van der Waals surface area contributed by atoms with Crippen molar-refractivity contribution in [3.63, 3.8) is 0 Å². The van der Waals surface area contributed by atoms with E-state index in [4.69, 9.17) is 15.0 Å². The largest absolute Gasteiger partial charge is 0.381 e. The first-order valence-corrected chi connectivity index (χ1v) is 7.73. The third-order valence-electron chi connectivity index (χ3n) is 3.47. The van der Waals surface area contributed by atoms with Crippen LogP contribution < -0.4 is 5.73 Å². The second-order valence-corrected chi connectivity index (χ2v) is 6.02. The second kappa shape index (κ2) is 6.13. The van der Waals surface area contributed by atoms with E-state index in [2.05, 4.69) is 10.1 Å². The average Bonchev–Trinajstić information content (AvgIpc) is 2.97. The van der Waals surface area contributed by atoms with E-state index in [-0.39, 0.29) is 5.82 Å². The quantitative estimate of drug-likeness (QED) is 0.875. The predicted octanol–water partition coefficient (Wildman–Crippen LogP) is 2.47. The fourth-order valence-corrected chi connectivity index (χ4v) is 2.95. The lowest BCUT2D eigenvalue weighted by Gasteiger charge is -2.29. The topological polar surface area (TPSA) is 74.2 Å². The van der Waals surface area contributed by atoms with Crippen molar-refractivity contribution in [2.45, 2.75) is 29.0 Å². The Hall–Kier alpha value is -1.44. The minimum atomic E-state index is -0.605. The highest BCUT2D eigenvalue weighted by Gasteiger charge is 2.35. The molecule has 0 aliphatic carbocycles. The van der Waals surface area contributed by atoms with E-state index in [0.717, 1.165) is 0 Å². The van der Waals surface area contributed by atoms with Crippen LogP contribution in [0.3, 0.4) is 0 Å². The lowest BCUT2D eigenvalue weighted by atomic mass is 9.91. The number of thioether (sulfide) groups is 1. The Kier molecular flexibility index (Phi) is 4.23. The molecule has 5 nitrogen and oxygen atoms in total. The van der Waals surface area contributed by atoms with Gasteiger partial charge in [0, 0.05) is 18.1 Å². The summed E-state index contributed by atoms with van der Waals surface area (Å²) in [5.74, 6) is 1.16. The molecule has 0 spiro atoms. The molecule has 7 heteroatoms. The molecular formula is C14H16FN3O2S. The molecule has 2 heterocycles. The Bertz CT molecular complexity index is 614. The summed E-state index contributed by atoms with van der Waals surface area (Å²) in [6, 6.07) is 6.62. The minimum absolute atomic E-state index is 0.244. The summed E-state index contributed by atoms with van der Waals surface area (Å²) in [6.45, 7) is 1.19. The van der Waals surface area contributed by atoms with Gasteiger partial charge in [-0.25, -0.2) is 4.39 Å². The maximum atomic E-state index is 13.5. The Morgan fingerprint density at radius 3 is 2.81 bits per heavy atom. The number of halogens is 1. The standard InChI is InChI=1S/C14H16FN3O2S/c15-10-3-1-2-4-11(10)21-9-12-17-13(20-18-12)14(16)5-7-19-8-6-14/h1-4H,5-9,16H2. The van der Waals surface area contributed by atoms with Gasteiger partial charge >= 0.3 is 0 Å². The van der Waals surface area contributed by atoms with Crippen molar-refractivity contribution in [2.24, 2.45) is 5.73 Å². The number of hydrogen-bond acceptors (Lipinski definition) is 6. The number of benzene rings is 1. The maximum Gasteiger partial charge on any atom is 0.246 e.